The Morgan fingerprint density at radius 1 is 1.17 bits per heavy atom. The van der Waals surface area contributed by atoms with Crippen LogP contribution in [-0.4, -0.2) is 41.3 Å². The third kappa shape index (κ3) is 4.77. The van der Waals surface area contributed by atoms with E-state index in [0.717, 1.165) is 5.56 Å². The highest BCUT2D eigenvalue weighted by Gasteiger charge is 2.21. The summed E-state index contributed by atoms with van der Waals surface area (Å²) >= 11 is 1.40. The summed E-state index contributed by atoms with van der Waals surface area (Å²) in [7, 11) is -3.50. The molecule has 160 valence electrons. The van der Waals surface area contributed by atoms with E-state index in [1.807, 2.05) is 5.38 Å². The molecule has 0 radical (unpaired) electrons. The molecular formula is C20H24N4O4S2. The number of rotatable bonds is 9. The van der Waals surface area contributed by atoms with Crippen molar-refractivity contribution in [1.29, 1.82) is 0 Å². The number of fused-ring (bicyclic) bond motifs is 1. The summed E-state index contributed by atoms with van der Waals surface area (Å²) in [6.07, 6.45) is 1.61. The van der Waals surface area contributed by atoms with Gasteiger partial charge in [-0.15, -0.1) is 11.3 Å². The van der Waals surface area contributed by atoms with Crippen molar-refractivity contribution in [1.82, 2.24) is 19.2 Å². The van der Waals surface area contributed by atoms with Crippen LogP contribution in [0.4, 0.5) is 0 Å². The lowest BCUT2D eigenvalue weighted by atomic mass is 10.2. The first-order chi connectivity index (χ1) is 14.4. The second kappa shape index (κ2) is 9.50. The van der Waals surface area contributed by atoms with Crippen molar-refractivity contribution in [3.63, 3.8) is 0 Å². The van der Waals surface area contributed by atoms with Gasteiger partial charge < -0.3 is 5.32 Å². The molecule has 2 aromatic heterocycles. The highest BCUT2D eigenvalue weighted by molar-refractivity contribution is 7.89. The Kier molecular flexibility index (Phi) is 7.01. The van der Waals surface area contributed by atoms with Crippen LogP contribution in [-0.2, 0) is 27.9 Å². The van der Waals surface area contributed by atoms with Crippen molar-refractivity contribution in [3.8, 4) is 0 Å². The van der Waals surface area contributed by atoms with E-state index >= 15 is 0 Å². The maximum Gasteiger partial charge on any atom is 0.262 e. The van der Waals surface area contributed by atoms with Gasteiger partial charge in [0, 0.05) is 32.6 Å². The molecule has 0 aliphatic carbocycles. The topological polar surface area (TPSA) is 101 Å². The smallest absolute Gasteiger partial charge is 0.262 e. The van der Waals surface area contributed by atoms with Gasteiger partial charge >= 0.3 is 0 Å². The highest BCUT2D eigenvalue weighted by atomic mass is 32.2. The number of aromatic nitrogens is 2. The number of hydrogen-bond acceptors (Lipinski definition) is 6. The average Bonchev–Trinajstić information content (AvgIpc) is 3.22. The average molecular weight is 449 g/mol. The van der Waals surface area contributed by atoms with Gasteiger partial charge in [0.15, 0.2) is 0 Å². The van der Waals surface area contributed by atoms with Crippen LogP contribution in [0.15, 0.2) is 51.7 Å². The van der Waals surface area contributed by atoms with Gasteiger partial charge in [0.2, 0.25) is 15.9 Å². The summed E-state index contributed by atoms with van der Waals surface area (Å²) in [5.41, 5.74) is 0.638. The zero-order valence-corrected chi connectivity index (χ0v) is 18.5. The van der Waals surface area contributed by atoms with Gasteiger partial charge in [-0.05, 0) is 29.1 Å². The first-order valence-corrected chi connectivity index (χ1v) is 12.0. The molecule has 0 bridgehead atoms. The lowest BCUT2D eigenvalue weighted by molar-refractivity contribution is -0.121. The predicted octanol–water partition coefficient (Wildman–Crippen LogP) is 2.20. The number of nitrogens with zero attached hydrogens (tertiary/aromatic N) is 3. The Labute approximate surface area is 179 Å². The second-order valence-electron chi connectivity index (χ2n) is 6.64. The molecule has 1 aromatic carbocycles. The molecule has 10 heteroatoms. The monoisotopic (exact) mass is 448 g/mol. The van der Waals surface area contributed by atoms with Gasteiger partial charge in [-0.1, -0.05) is 26.0 Å². The zero-order chi connectivity index (χ0) is 21.7. The van der Waals surface area contributed by atoms with Crippen LogP contribution in [0.1, 0.15) is 25.8 Å². The molecule has 8 nitrogen and oxygen atoms in total. The summed E-state index contributed by atoms with van der Waals surface area (Å²) < 4.78 is 27.8. The van der Waals surface area contributed by atoms with E-state index in [1.54, 1.807) is 44.2 Å². The van der Waals surface area contributed by atoms with Gasteiger partial charge in [-0.25, -0.2) is 13.4 Å². The molecule has 0 fully saturated rings. The van der Waals surface area contributed by atoms with Crippen LogP contribution >= 0.6 is 11.3 Å². The standard InChI is InChI=1S/C20H24N4O4S2/c1-3-24(4-2)30(27,28)16-7-5-15(6-8-16)13-21-18(25)9-11-23-14-22-19-17(20(23)26)10-12-29-19/h5-8,10,12,14H,3-4,9,11,13H2,1-2H3,(H,21,25). The number of hydrogen-bond donors (Lipinski definition) is 1. The van der Waals surface area contributed by atoms with E-state index in [-0.39, 0.29) is 35.9 Å². The molecule has 0 saturated carbocycles. The number of carbonyl (C=O) groups excluding carboxylic acids is 1. The van der Waals surface area contributed by atoms with Crippen LogP contribution in [0.25, 0.3) is 10.2 Å². The molecule has 3 rings (SSSR count). The normalized spacial score (nSPS) is 11.8. The Hall–Kier alpha value is -2.56. The van der Waals surface area contributed by atoms with Crippen LogP contribution in [0.3, 0.4) is 0 Å². The number of thiophene rings is 1. The van der Waals surface area contributed by atoms with Crippen molar-refractivity contribution in [2.45, 2.75) is 38.3 Å². The number of sulfonamides is 1. The van der Waals surface area contributed by atoms with Gasteiger partial charge in [0.25, 0.3) is 5.56 Å². The Balaban J connectivity index is 1.55. The summed E-state index contributed by atoms with van der Waals surface area (Å²) in [6, 6.07) is 8.22. The summed E-state index contributed by atoms with van der Waals surface area (Å²) in [5, 5.41) is 5.16. The molecule has 0 aliphatic heterocycles. The van der Waals surface area contributed by atoms with Crippen molar-refractivity contribution in [3.05, 3.63) is 58.0 Å². The molecule has 3 aromatic rings. The van der Waals surface area contributed by atoms with E-state index in [2.05, 4.69) is 10.3 Å². The third-order valence-corrected chi connectivity index (χ3v) is 7.67. The number of carbonyl (C=O) groups is 1. The van der Waals surface area contributed by atoms with Gasteiger partial charge in [-0.2, -0.15) is 4.31 Å². The van der Waals surface area contributed by atoms with E-state index in [0.29, 0.717) is 23.3 Å². The fourth-order valence-corrected chi connectivity index (χ4v) is 5.24. The van der Waals surface area contributed by atoms with Crippen LogP contribution in [0.5, 0.6) is 0 Å². The largest absolute Gasteiger partial charge is 0.352 e. The van der Waals surface area contributed by atoms with E-state index < -0.39 is 10.0 Å². The van der Waals surface area contributed by atoms with Crippen molar-refractivity contribution < 1.29 is 13.2 Å². The summed E-state index contributed by atoms with van der Waals surface area (Å²) in [4.78, 5) is 29.6. The minimum atomic E-state index is -3.50. The molecule has 1 amide bonds. The van der Waals surface area contributed by atoms with Crippen LogP contribution < -0.4 is 10.9 Å². The maximum absolute atomic E-state index is 12.5. The molecule has 0 saturated heterocycles. The minimum Gasteiger partial charge on any atom is -0.352 e. The molecule has 0 unspecified atom stereocenters. The van der Waals surface area contributed by atoms with Crippen molar-refractivity contribution >= 4 is 37.5 Å². The SMILES string of the molecule is CCN(CC)S(=O)(=O)c1ccc(CNC(=O)CCn2cnc3sccc3c2=O)cc1. The number of aryl methyl sites for hydroxylation is 1. The zero-order valence-electron chi connectivity index (χ0n) is 16.9. The Bertz CT molecular complexity index is 1180. The lowest BCUT2D eigenvalue weighted by Gasteiger charge is -2.18. The quantitative estimate of drug-likeness (QED) is 0.541. The number of nitrogens with one attached hydrogen (secondary N) is 1. The predicted molar refractivity (Wildman–Crippen MR) is 117 cm³/mol. The first kappa shape index (κ1) is 22.1. The fourth-order valence-electron chi connectivity index (χ4n) is 3.06. The van der Waals surface area contributed by atoms with E-state index in [9.17, 15) is 18.0 Å². The molecule has 2 heterocycles. The first-order valence-electron chi connectivity index (χ1n) is 9.65. The van der Waals surface area contributed by atoms with Crippen LogP contribution in [0.2, 0.25) is 0 Å². The molecule has 0 atom stereocenters. The molecular weight excluding hydrogens is 424 g/mol. The maximum atomic E-state index is 12.5. The molecule has 0 aliphatic rings. The van der Waals surface area contributed by atoms with Gasteiger partial charge in [0.05, 0.1) is 16.6 Å². The van der Waals surface area contributed by atoms with Gasteiger partial charge in [-0.3, -0.25) is 14.2 Å². The molecule has 30 heavy (non-hydrogen) atoms. The van der Waals surface area contributed by atoms with E-state index in [1.165, 1.54) is 26.5 Å². The summed E-state index contributed by atoms with van der Waals surface area (Å²) in [6.45, 7) is 4.94. The Morgan fingerprint density at radius 2 is 1.87 bits per heavy atom. The number of benzene rings is 1. The molecule has 1 N–H and O–H groups in total. The number of amides is 1. The minimum absolute atomic E-state index is 0.144. The van der Waals surface area contributed by atoms with Crippen molar-refractivity contribution in [2.24, 2.45) is 0 Å². The second-order valence-corrected chi connectivity index (χ2v) is 9.48. The van der Waals surface area contributed by atoms with Crippen molar-refractivity contribution in [2.75, 3.05) is 13.1 Å². The fraction of sp³-hybridized carbons (Fsp3) is 0.350. The Morgan fingerprint density at radius 3 is 2.53 bits per heavy atom. The van der Waals surface area contributed by atoms with Crippen LogP contribution in [0, 0.1) is 0 Å². The lowest BCUT2D eigenvalue weighted by Crippen LogP contribution is -2.30. The van der Waals surface area contributed by atoms with Gasteiger partial charge in [0.1, 0.15) is 4.83 Å². The van der Waals surface area contributed by atoms with E-state index in [4.69, 9.17) is 0 Å². The highest BCUT2D eigenvalue weighted by Crippen LogP contribution is 2.16. The summed E-state index contributed by atoms with van der Waals surface area (Å²) in [5.74, 6) is -0.202. The molecule has 0 spiro atoms. The third-order valence-electron chi connectivity index (χ3n) is 4.79.